The third-order valence-electron chi connectivity index (χ3n) is 3.54. The molecule has 144 valence electrons. The van der Waals surface area contributed by atoms with E-state index in [1.807, 2.05) is 0 Å². The molecule has 1 atom stereocenters. The Morgan fingerprint density at radius 1 is 1.15 bits per heavy atom. The number of para-hydroxylation sites is 1. The van der Waals surface area contributed by atoms with Gasteiger partial charge in [-0.2, -0.15) is 0 Å². The second-order valence-corrected chi connectivity index (χ2v) is 6.25. The Morgan fingerprint density at radius 2 is 1.85 bits per heavy atom. The maximum absolute atomic E-state index is 12.4. The van der Waals surface area contributed by atoms with Crippen LogP contribution in [0.15, 0.2) is 36.4 Å². The second-order valence-electron chi connectivity index (χ2n) is 5.44. The minimum atomic E-state index is -1.05. The van der Waals surface area contributed by atoms with Crippen LogP contribution in [0.5, 0.6) is 11.5 Å². The van der Waals surface area contributed by atoms with Gasteiger partial charge in [0.25, 0.3) is 5.91 Å². The van der Waals surface area contributed by atoms with Gasteiger partial charge < -0.3 is 19.5 Å². The average Bonchev–Trinajstić information content (AvgIpc) is 2.64. The van der Waals surface area contributed by atoms with Crippen LogP contribution in [0.4, 0.5) is 5.69 Å². The Bertz CT molecular complexity index is 841. The molecule has 27 heavy (non-hydrogen) atoms. The SMILES string of the molecule is CCOc1c(Cl)cc(C(=O)O[C@@H](C)C(=O)Nc2ccccc2Cl)cc1OC. The zero-order valence-electron chi connectivity index (χ0n) is 15.0. The van der Waals surface area contributed by atoms with Crippen molar-refractivity contribution in [2.75, 3.05) is 19.0 Å². The van der Waals surface area contributed by atoms with Crippen molar-refractivity contribution in [3.05, 3.63) is 52.0 Å². The van der Waals surface area contributed by atoms with E-state index >= 15 is 0 Å². The smallest absolute Gasteiger partial charge is 0.339 e. The van der Waals surface area contributed by atoms with Crippen molar-refractivity contribution in [3.63, 3.8) is 0 Å². The van der Waals surface area contributed by atoms with E-state index in [1.54, 1.807) is 31.2 Å². The molecule has 8 heteroatoms. The zero-order valence-corrected chi connectivity index (χ0v) is 16.6. The molecule has 0 unspecified atom stereocenters. The van der Waals surface area contributed by atoms with Crippen LogP contribution in [0.25, 0.3) is 0 Å². The molecule has 0 aliphatic heterocycles. The van der Waals surface area contributed by atoms with Crippen LogP contribution in [-0.2, 0) is 9.53 Å². The van der Waals surface area contributed by atoms with E-state index in [2.05, 4.69) is 5.32 Å². The maximum atomic E-state index is 12.4. The van der Waals surface area contributed by atoms with E-state index in [0.29, 0.717) is 28.8 Å². The highest BCUT2D eigenvalue weighted by molar-refractivity contribution is 6.33. The van der Waals surface area contributed by atoms with Crippen molar-refractivity contribution < 1.29 is 23.8 Å². The first kappa shape index (κ1) is 20.9. The highest BCUT2D eigenvalue weighted by Crippen LogP contribution is 2.36. The second kappa shape index (κ2) is 9.48. The fourth-order valence-electron chi connectivity index (χ4n) is 2.20. The third kappa shape index (κ3) is 5.28. The van der Waals surface area contributed by atoms with E-state index in [-0.39, 0.29) is 10.6 Å². The predicted molar refractivity (Wildman–Crippen MR) is 104 cm³/mol. The van der Waals surface area contributed by atoms with Gasteiger partial charge in [0.2, 0.25) is 0 Å². The van der Waals surface area contributed by atoms with Crippen molar-refractivity contribution in [2.24, 2.45) is 0 Å². The summed E-state index contributed by atoms with van der Waals surface area (Å²) in [5.74, 6) is -0.604. The largest absolute Gasteiger partial charge is 0.493 e. The van der Waals surface area contributed by atoms with Crippen LogP contribution in [-0.4, -0.2) is 31.7 Å². The van der Waals surface area contributed by atoms with E-state index in [9.17, 15) is 9.59 Å². The van der Waals surface area contributed by atoms with Crippen molar-refractivity contribution in [1.29, 1.82) is 0 Å². The quantitative estimate of drug-likeness (QED) is 0.674. The Hall–Kier alpha value is -2.44. The molecule has 0 aliphatic carbocycles. The molecule has 0 aromatic heterocycles. The van der Waals surface area contributed by atoms with Gasteiger partial charge in [0.15, 0.2) is 17.6 Å². The van der Waals surface area contributed by atoms with E-state index in [0.717, 1.165) is 0 Å². The highest BCUT2D eigenvalue weighted by atomic mass is 35.5. The molecule has 1 amide bonds. The standard InChI is InChI=1S/C19H19Cl2NO5/c1-4-26-17-14(21)9-12(10-16(17)25-3)19(24)27-11(2)18(23)22-15-8-6-5-7-13(15)20/h5-11H,4H2,1-3H3,(H,22,23)/t11-/m0/s1. The Kier molecular flexibility index (Phi) is 7.33. The first-order chi connectivity index (χ1) is 12.9. The molecule has 0 bridgehead atoms. The van der Waals surface area contributed by atoms with Crippen LogP contribution < -0.4 is 14.8 Å². The molecule has 0 saturated heterocycles. The van der Waals surface area contributed by atoms with Gasteiger partial charge in [0, 0.05) is 0 Å². The predicted octanol–water partition coefficient (Wildman–Crippen LogP) is 4.58. The van der Waals surface area contributed by atoms with Crippen LogP contribution in [0.2, 0.25) is 10.0 Å². The topological polar surface area (TPSA) is 73.9 Å². The Labute approximate surface area is 167 Å². The lowest BCUT2D eigenvalue weighted by Crippen LogP contribution is -2.30. The van der Waals surface area contributed by atoms with Crippen LogP contribution in [0.1, 0.15) is 24.2 Å². The van der Waals surface area contributed by atoms with Crippen LogP contribution in [0, 0.1) is 0 Å². The maximum Gasteiger partial charge on any atom is 0.339 e. The van der Waals surface area contributed by atoms with Gasteiger partial charge in [-0.25, -0.2) is 4.79 Å². The summed E-state index contributed by atoms with van der Waals surface area (Å²) in [5, 5.41) is 3.19. The number of hydrogen-bond donors (Lipinski definition) is 1. The van der Waals surface area contributed by atoms with Gasteiger partial charge in [0.05, 0.1) is 35.0 Å². The summed E-state index contributed by atoms with van der Waals surface area (Å²) >= 11 is 12.2. The number of hydrogen-bond acceptors (Lipinski definition) is 5. The van der Waals surface area contributed by atoms with Gasteiger partial charge in [-0.15, -0.1) is 0 Å². The van der Waals surface area contributed by atoms with Gasteiger partial charge in [-0.05, 0) is 38.1 Å². The molecule has 6 nitrogen and oxygen atoms in total. The van der Waals surface area contributed by atoms with Gasteiger partial charge in [0.1, 0.15) is 0 Å². The number of amides is 1. The molecule has 2 aromatic carbocycles. The van der Waals surface area contributed by atoms with Crippen molar-refractivity contribution in [3.8, 4) is 11.5 Å². The van der Waals surface area contributed by atoms with Gasteiger partial charge >= 0.3 is 5.97 Å². The minimum Gasteiger partial charge on any atom is -0.493 e. The molecule has 0 aliphatic rings. The minimum absolute atomic E-state index is 0.137. The molecule has 1 N–H and O–H groups in total. The zero-order chi connectivity index (χ0) is 20.0. The molecule has 0 radical (unpaired) electrons. The molecular weight excluding hydrogens is 393 g/mol. The number of carbonyl (C=O) groups is 2. The van der Waals surface area contributed by atoms with E-state index in [1.165, 1.54) is 26.2 Å². The summed E-state index contributed by atoms with van der Waals surface area (Å²) in [7, 11) is 1.43. The molecule has 0 heterocycles. The lowest BCUT2D eigenvalue weighted by atomic mass is 10.2. The lowest BCUT2D eigenvalue weighted by molar-refractivity contribution is -0.123. The molecule has 2 rings (SSSR count). The number of ether oxygens (including phenoxy) is 3. The van der Waals surface area contributed by atoms with Crippen molar-refractivity contribution >= 4 is 40.8 Å². The van der Waals surface area contributed by atoms with Gasteiger partial charge in [-0.3, -0.25) is 4.79 Å². The Morgan fingerprint density at radius 3 is 2.48 bits per heavy atom. The number of rotatable bonds is 7. The third-order valence-corrected chi connectivity index (χ3v) is 4.15. The van der Waals surface area contributed by atoms with Crippen LogP contribution in [0.3, 0.4) is 0 Å². The van der Waals surface area contributed by atoms with E-state index in [4.69, 9.17) is 37.4 Å². The summed E-state index contributed by atoms with van der Waals surface area (Å²) in [4.78, 5) is 24.6. The number of nitrogens with one attached hydrogen (secondary N) is 1. The van der Waals surface area contributed by atoms with Crippen LogP contribution >= 0.6 is 23.2 Å². The number of halogens is 2. The number of methoxy groups -OCH3 is 1. The molecule has 2 aromatic rings. The first-order valence-corrected chi connectivity index (χ1v) is 8.89. The van der Waals surface area contributed by atoms with E-state index < -0.39 is 18.0 Å². The average molecular weight is 412 g/mol. The summed E-state index contributed by atoms with van der Waals surface area (Å²) in [5.41, 5.74) is 0.565. The number of benzene rings is 2. The first-order valence-electron chi connectivity index (χ1n) is 8.14. The highest BCUT2D eigenvalue weighted by Gasteiger charge is 2.22. The molecule has 0 fully saturated rings. The Balaban J connectivity index is 2.10. The fraction of sp³-hybridized carbons (Fsp3) is 0.263. The molecule has 0 spiro atoms. The normalized spacial score (nSPS) is 11.4. The number of carbonyl (C=O) groups excluding carboxylic acids is 2. The van der Waals surface area contributed by atoms with Crippen molar-refractivity contribution in [1.82, 2.24) is 0 Å². The monoisotopic (exact) mass is 411 g/mol. The summed E-state index contributed by atoms with van der Waals surface area (Å²) < 4.78 is 15.8. The number of esters is 1. The van der Waals surface area contributed by atoms with Gasteiger partial charge in [-0.1, -0.05) is 35.3 Å². The summed E-state index contributed by atoms with van der Waals surface area (Å²) in [6, 6.07) is 9.60. The molecular formula is C19H19Cl2NO5. The lowest BCUT2D eigenvalue weighted by Gasteiger charge is -2.16. The summed E-state index contributed by atoms with van der Waals surface area (Å²) in [6.45, 7) is 3.65. The molecule has 0 saturated carbocycles. The summed E-state index contributed by atoms with van der Waals surface area (Å²) in [6.07, 6.45) is -1.05. The number of anilines is 1. The van der Waals surface area contributed by atoms with Crippen molar-refractivity contribution in [2.45, 2.75) is 20.0 Å². The fourth-order valence-corrected chi connectivity index (χ4v) is 2.65.